The Morgan fingerprint density at radius 1 is 1.08 bits per heavy atom. The molecule has 2 aromatic heterocycles. The van der Waals surface area contributed by atoms with Gasteiger partial charge in [0, 0.05) is 54.2 Å². The smallest absolute Gasteiger partial charge is 0.257 e. The summed E-state index contributed by atoms with van der Waals surface area (Å²) in [5.41, 5.74) is 3.59. The third-order valence-electron chi connectivity index (χ3n) is 6.20. The van der Waals surface area contributed by atoms with Crippen molar-refractivity contribution in [3.05, 3.63) is 118 Å². The van der Waals surface area contributed by atoms with E-state index in [0.29, 0.717) is 10.7 Å². The molecule has 1 atom stereocenters. The number of benzene rings is 2. The van der Waals surface area contributed by atoms with Crippen LogP contribution in [0.3, 0.4) is 0 Å². The average molecular weight is 521 g/mol. The molecule has 0 bridgehead atoms. The Morgan fingerprint density at radius 2 is 1.87 bits per heavy atom. The second-order valence-corrected chi connectivity index (χ2v) is 9.23. The van der Waals surface area contributed by atoms with Crippen LogP contribution in [0.5, 0.6) is 5.75 Å². The van der Waals surface area contributed by atoms with Crippen molar-refractivity contribution in [3.63, 3.8) is 0 Å². The first kappa shape index (κ1) is 24.9. The first-order chi connectivity index (χ1) is 18.4. The number of amides is 1. The van der Waals surface area contributed by atoms with Gasteiger partial charge in [0.1, 0.15) is 29.0 Å². The SMILES string of the molecule is Cc1cc(=O)c(C(=O)NC2COc3ccc(C#Cc4cccnc4)cc3N(C)C2=S)cn1-c1ccccc1. The Balaban J connectivity index is 1.37. The third kappa shape index (κ3) is 5.19. The number of aryl methyl sites for hydroxylation is 1. The molecular formula is C30H24N4O3S. The van der Waals surface area contributed by atoms with E-state index in [1.165, 1.54) is 6.07 Å². The highest BCUT2D eigenvalue weighted by Gasteiger charge is 2.28. The molecule has 1 N–H and O–H groups in total. The molecule has 1 aliphatic heterocycles. The molecule has 0 fully saturated rings. The largest absolute Gasteiger partial charge is 0.489 e. The normalized spacial score (nSPS) is 14.4. The lowest BCUT2D eigenvalue weighted by atomic mass is 10.1. The maximum absolute atomic E-state index is 13.3. The second kappa shape index (κ2) is 10.7. The van der Waals surface area contributed by atoms with E-state index in [1.807, 2.05) is 79.2 Å². The van der Waals surface area contributed by atoms with Gasteiger partial charge in [0.2, 0.25) is 0 Å². The van der Waals surface area contributed by atoms with Crippen molar-refractivity contribution in [1.82, 2.24) is 14.9 Å². The van der Waals surface area contributed by atoms with E-state index in [1.54, 1.807) is 23.5 Å². The summed E-state index contributed by atoms with van der Waals surface area (Å²) in [5.74, 6) is 6.34. The molecule has 0 saturated heterocycles. The summed E-state index contributed by atoms with van der Waals surface area (Å²) in [6, 6.07) is 19.7. The Bertz CT molecular complexity index is 1640. The first-order valence-corrected chi connectivity index (χ1v) is 12.4. The van der Waals surface area contributed by atoms with Crippen molar-refractivity contribution >= 4 is 28.8 Å². The molecule has 0 spiro atoms. The van der Waals surface area contributed by atoms with E-state index >= 15 is 0 Å². The van der Waals surface area contributed by atoms with Gasteiger partial charge in [-0.25, -0.2) is 0 Å². The number of nitrogens with one attached hydrogen (secondary N) is 1. The number of likely N-dealkylation sites (N-methyl/N-ethyl adjacent to an activating group) is 1. The Hall–Kier alpha value is -4.74. The number of carbonyl (C=O) groups excluding carboxylic acids is 1. The van der Waals surface area contributed by atoms with Crippen LogP contribution in [0.25, 0.3) is 5.69 Å². The monoisotopic (exact) mass is 520 g/mol. The van der Waals surface area contributed by atoms with Gasteiger partial charge in [0.25, 0.3) is 5.91 Å². The molecular weight excluding hydrogens is 496 g/mol. The molecule has 1 aliphatic rings. The van der Waals surface area contributed by atoms with Crippen LogP contribution in [0.4, 0.5) is 5.69 Å². The number of para-hydroxylation sites is 1. The minimum absolute atomic E-state index is 0.0274. The zero-order valence-corrected chi connectivity index (χ0v) is 21.7. The Kier molecular flexibility index (Phi) is 7.03. The first-order valence-electron chi connectivity index (χ1n) is 12.0. The summed E-state index contributed by atoms with van der Waals surface area (Å²) in [7, 11) is 1.82. The predicted octanol–water partition coefficient (Wildman–Crippen LogP) is 3.90. The van der Waals surface area contributed by atoms with E-state index in [9.17, 15) is 9.59 Å². The van der Waals surface area contributed by atoms with Crippen molar-refractivity contribution in [1.29, 1.82) is 0 Å². The van der Waals surface area contributed by atoms with Crippen molar-refractivity contribution in [2.75, 3.05) is 18.6 Å². The van der Waals surface area contributed by atoms with Gasteiger partial charge in [-0.2, -0.15) is 0 Å². The molecule has 188 valence electrons. The Labute approximate surface area is 225 Å². The number of rotatable bonds is 3. The van der Waals surface area contributed by atoms with Gasteiger partial charge in [-0.15, -0.1) is 0 Å². The fourth-order valence-corrected chi connectivity index (χ4v) is 4.39. The summed E-state index contributed by atoms with van der Waals surface area (Å²) >= 11 is 5.73. The van der Waals surface area contributed by atoms with Gasteiger partial charge < -0.3 is 19.5 Å². The van der Waals surface area contributed by atoms with Crippen molar-refractivity contribution in [3.8, 4) is 23.3 Å². The number of hydrogen-bond acceptors (Lipinski definition) is 5. The van der Waals surface area contributed by atoms with Crippen LogP contribution in [0, 0.1) is 18.8 Å². The van der Waals surface area contributed by atoms with Gasteiger partial charge in [-0.1, -0.05) is 42.3 Å². The second-order valence-electron chi connectivity index (χ2n) is 8.81. The van der Waals surface area contributed by atoms with Crippen LogP contribution in [-0.2, 0) is 0 Å². The fraction of sp³-hybridized carbons (Fsp3) is 0.133. The lowest BCUT2D eigenvalue weighted by molar-refractivity contribution is 0.0936. The quantitative estimate of drug-likeness (QED) is 0.326. The molecule has 1 amide bonds. The number of pyridine rings is 2. The van der Waals surface area contributed by atoms with E-state index in [-0.39, 0.29) is 17.6 Å². The van der Waals surface area contributed by atoms with Gasteiger partial charge in [0.05, 0.1) is 5.69 Å². The summed E-state index contributed by atoms with van der Waals surface area (Å²) in [5, 5.41) is 2.90. The molecule has 0 aliphatic carbocycles. The molecule has 0 saturated carbocycles. The van der Waals surface area contributed by atoms with Crippen LogP contribution in [0.1, 0.15) is 27.2 Å². The molecule has 2 aromatic carbocycles. The van der Waals surface area contributed by atoms with Gasteiger partial charge in [-0.3, -0.25) is 14.6 Å². The number of hydrogen-bond donors (Lipinski definition) is 1. The maximum atomic E-state index is 13.3. The summed E-state index contributed by atoms with van der Waals surface area (Å²) < 4.78 is 7.83. The number of carbonyl (C=O) groups is 1. The van der Waals surface area contributed by atoms with E-state index in [4.69, 9.17) is 17.0 Å². The minimum Gasteiger partial charge on any atom is -0.489 e. The third-order valence-corrected chi connectivity index (χ3v) is 6.75. The molecule has 8 heteroatoms. The molecule has 5 rings (SSSR count). The minimum atomic E-state index is -0.620. The standard InChI is InChI=1S/C30H24N4O3S/c1-20-15-27(35)24(18-34(20)23-8-4-3-5-9-23)29(36)32-25-19-37-28-13-12-21(16-26(28)33(2)30(25)38)10-11-22-7-6-14-31-17-22/h3-9,12-18,25H,19H2,1-2H3,(H,32,36). The maximum Gasteiger partial charge on any atom is 0.257 e. The molecule has 0 radical (unpaired) electrons. The fourth-order valence-electron chi connectivity index (χ4n) is 4.17. The van der Waals surface area contributed by atoms with Crippen LogP contribution in [0.2, 0.25) is 0 Å². The summed E-state index contributed by atoms with van der Waals surface area (Å²) in [6.07, 6.45) is 4.97. The van der Waals surface area contributed by atoms with E-state index in [0.717, 1.165) is 28.2 Å². The number of thiocarbonyl (C=S) groups is 1. The molecule has 38 heavy (non-hydrogen) atoms. The highest BCUT2D eigenvalue weighted by molar-refractivity contribution is 7.80. The average Bonchev–Trinajstić information content (AvgIpc) is 3.05. The topological polar surface area (TPSA) is 76.5 Å². The van der Waals surface area contributed by atoms with Crippen molar-refractivity contribution in [2.24, 2.45) is 0 Å². The van der Waals surface area contributed by atoms with Crippen LogP contribution in [0.15, 0.2) is 90.1 Å². The van der Waals surface area contributed by atoms with E-state index in [2.05, 4.69) is 22.1 Å². The van der Waals surface area contributed by atoms with Crippen LogP contribution >= 0.6 is 12.2 Å². The van der Waals surface area contributed by atoms with Gasteiger partial charge >= 0.3 is 0 Å². The van der Waals surface area contributed by atoms with Gasteiger partial charge in [-0.05, 0) is 49.4 Å². The number of anilines is 1. The lowest BCUT2D eigenvalue weighted by Gasteiger charge is -2.23. The molecule has 1 unspecified atom stereocenters. The predicted molar refractivity (Wildman–Crippen MR) is 151 cm³/mol. The highest BCUT2D eigenvalue weighted by Crippen LogP contribution is 2.32. The lowest BCUT2D eigenvalue weighted by Crippen LogP contribution is -2.49. The number of aromatic nitrogens is 2. The molecule has 7 nitrogen and oxygen atoms in total. The van der Waals surface area contributed by atoms with E-state index < -0.39 is 11.9 Å². The molecule has 3 heterocycles. The van der Waals surface area contributed by atoms with Crippen molar-refractivity contribution in [2.45, 2.75) is 13.0 Å². The van der Waals surface area contributed by atoms with Crippen LogP contribution < -0.4 is 20.4 Å². The summed E-state index contributed by atoms with van der Waals surface area (Å²) in [6.45, 7) is 1.95. The van der Waals surface area contributed by atoms with Crippen molar-refractivity contribution < 1.29 is 9.53 Å². The summed E-state index contributed by atoms with van der Waals surface area (Å²) in [4.78, 5) is 32.3. The highest BCUT2D eigenvalue weighted by atomic mass is 32.1. The molecule has 4 aromatic rings. The number of ether oxygens (including phenoxy) is 1. The van der Waals surface area contributed by atoms with Gasteiger partial charge in [0.15, 0.2) is 5.43 Å². The Morgan fingerprint density at radius 3 is 2.63 bits per heavy atom. The number of nitrogens with zero attached hydrogens (tertiary/aromatic N) is 3. The zero-order chi connectivity index (χ0) is 26.6. The number of fused-ring (bicyclic) bond motifs is 1. The zero-order valence-electron chi connectivity index (χ0n) is 20.8. The van der Waals surface area contributed by atoms with Crippen LogP contribution in [-0.4, -0.2) is 40.1 Å².